The maximum atomic E-state index is 6.14. The first-order valence-corrected chi connectivity index (χ1v) is 6.98. The highest BCUT2D eigenvalue weighted by Gasteiger charge is 2.19. The van der Waals surface area contributed by atoms with E-state index >= 15 is 0 Å². The van der Waals surface area contributed by atoms with Gasteiger partial charge in [0.1, 0.15) is 5.15 Å². The van der Waals surface area contributed by atoms with Gasteiger partial charge < -0.3 is 0 Å². The highest BCUT2D eigenvalue weighted by atomic mass is 35.5. The van der Waals surface area contributed by atoms with E-state index in [2.05, 4.69) is 16.8 Å². The molecule has 1 aliphatic heterocycles. The summed E-state index contributed by atoms with van der Waals surface area (Å²) < 4.78 is 0. The van der Waals surface area contributed by atoms with Crippen molar-refractivity contribution in [3.63, 3.8) is 0 Å². The first-order chi connectivity index (χ1) is 8.19. The Morgan fingerprint density at radius 3 is 3.00 bits per heavy atom. The van der Waals surface area contributed by atoms with Crippen molar-refractivity contribution in [3.8, 4) is 0 Å². The normalized spacial score (nSPS) is 21.7. The first-order valence-electron chi connectivity index (χ1n) is 6.22. The number of rotatable bonds is 3. The van der Waals surface area contributed by atoms with E-state index in [0.717, 1.165) is 31.2 Å². The molecule has 4 heteroatoms. The van der Waals surface area contributed by atoms with Crippen molar-refractivity contribution in [2.24, 2.45) is 5.92 Å². The molecule has 0 aliphatic carbocycles. The largest absolute Gasteiger partial charge is 0.297 e. The van der Waals surface area contributed by atoms with E-state index in [4.69, 9.17) is 23.2 Å². The second-order valence-electron chi connectivity index (χ2n) is 4.71. The van der Waals surface area contributed by atoms with E-state index in [-0.39, 0.29) is 0 Å². The Kier molecular flexibility index (Phi) is 4.66. The van der Waals surface area contributed by atoms with Crippen LogP contribution in [-0.2, 0) is 6.54 Å². The first kappa shape index (κ1) is 13.1. The molecule has 0 amide bonds. The van der Waals surface area contributed by atoms with Crippen molar-refractivity contribution in [1.82, 2.24) is 9.88 Å². The Labute approximate surface area is 113 Å². The van der Waals surface area contributed by atoms with Crippen LogP contribution in [0.15, 0.2) is 12.1 Å². The topological polar surface area (TPSA) is 16.1 Å². The zero-order chi connectivity index (χ0) is 12.3. The second-order valence-corrected chi connectivity index (χ2v) is 5.51. The Morgan fingerprint density at radius 2 is 2.24 bits per heavy atom. The van der Waals surface area contributed by atoms with Gasteiger partial charge in [0, 0.05) is 13.1 Å². The second kappa shape index (κ2) is 6.03. The smallest absolute Gasteiger partial charge is 0.129 e. The third-order valence-corrected chi connectivity index (χ3v) is 3.99. The van der Waals surface area contributed by atoms with Gasteiger partial charge in [-0.15, -0.1) is 0 Å². The molecule has 2 heterocycles. The van der Waals surface area contributed by atoms with Gasteiger partial charge in [-0.2, -0.15) is 0 Å². The molecule has 1 aromatic heterocycles. The van der Waals surface area contributed by atoms with Gasteiger partial charge in [0.05, 0.1) is 10.7 Å². The molecular formula is C13H18Cl2N2. The van der Waals surface area contributed by atoms with Crippen LogP contribution in [0.2, 0.25) is 10.2 Å². The molecule has 1 aliphatic rings. The van der Waals surface area contributed by atoms with E-state index in [1.807, 2.05) is 6.07 Å². The van der Waals surface area contributed by atoms with Crippen molar-refractivity contribution in [1.29, 1.82) is 0 Å². The van der Waals surface area contributed by atoms with Crippen LogP contribution in [0.25, 0.3) is 0 Å². The molecule has 0 aromatic carbocycles. The number of piperidine rings is 1. The van der Waals surface area contributed by atoms with Crippen LogP contribution in [0.3, 0.4) is 0 Å². The van der Waals surface area contributed by atoms with Gasteiger partial charge in [0.25, 0.3) is 0 Å². The van der Waals surface area contributed by atoms with Crippen LogP contribution in [0, 0.1) is 5.92 Å². The number of likely N-dealkylation sites (tertiary alicyclic amines) is 1. The summed E-state index contributed by atoms with van der Waals surface area (Å²) in [6, 6.07) is 3.56. The lowest BCUT2D eigenvalue weighted by Gasteiger charge is -2.32. The van der Waals surface area contributed by atoms with Crippen molar-refractivity contribution in [2.75, 3.05) is 13.1 Å². The maximum Gasteiger partial charge on any atom is 0.129 e. The lowest BCUT2D eigenvalue weighted by atomic mass is 9.95. The van der Waals surface area contributed by atoms with Gasteiger partial charge in [-0.3, -0.25) is 4.90 Å². The summed E-state index contributed by atoms with van der Waals surface area (Å²) in [6.45, 7) is 5.37. The number of hydrogen-bond acceptors (Lipinski definition) is 2. The molecule has 17 heavy (non-hydrogen) atoms. The molecule has 1 saturated heterocycles. The van der Waals surface area contributed by atoms with Gasteiger partial charge >= 0.3 is 0 Å². The lowest BCUT2D eigenvalue weighted by molar-refractivity contribution is 0.163. The third-order valence-electron chi connectivity index (χ3n) is 3.44. The predicted octanol–water partition coefficient (Wildman–Crippen LogP) is 4.01. The number of pyridine rings is 1. The van der Waals surface area contributed by atoms with Crippen LogP contribution in [0.5, 0.6) is 0 Å². The molecule has 94 valence electrons. The van der Waals surface area contributed by atoms with Gasteiger partial charge in [-0.1, -0.05) is 36.5 Å². The molecule has 1 atom stereocenters. The summed E-state index contributed by atoms with van der Waals surface area (Å²) in [4.78, 5) is 6.74. The molecule has 0 radical (unpaired) electrons. The Balaban J connectivity index is 2.02. The number of hydrogen-bond donors (Lipinski definition) is 0. The summed E-state index contributed by atoms with van der Waals surface area (Å²) in [5.74, 6) is 0.821. The number of halogens is 2. The van der Waals surface area contributed by atoms with Gasteiger partial charge in [0.15, 0.2) is 0 Å². The SMILES string of the molecule is CCC1CCCN(Cc2nc(Cl)ccc2Cl)C1. The minimum Gasteiger partial charge on any atom is -0.297 e. The Hall–Kier alpha value is -0.310. The van der Waals surface area contributed by atoms with Crippen LogP contribution < -0.4 is 0 Å². The van der Waals surface area contributed by atoms with Crippen LogP contribution in [0.4, 0.5) is 0 Å². The third kappa shape index (κ3) is 3.57. The van der Waals surface area contributed by atoms with Gasteiger partial charge in [0.2, 0.25) is 0 Å². The Bertz CT molecular complexity index is 382. The monoisotopic (exact) mass is 272 g/mol. The molecule has 1 unspecified atom stereocenters. The number of aromatic nitrogens is 1. The molecule has 1 aromatic rings. The van der Waals surface area contributed by atoms with Crippen molar-refractivity contribution in [2.45, 2.75) is 32.7 Å². The summed E-state index contributed by atoms with van der Waals surface area (Å²) in [6.07, 6.45) is 3.88. The van der Waals surface area contributed by atoms with Crippen molar-refractivity contribution in [3.05, 3.63) is 28.0 Å². The quantitative estimate of drug-likeness (QED) is 0.773. The molecule has 0 spiro atoms. The van der Waals surface area contributed by atoms with Crippen molar-refractivity contribution < 1.29 is 0 Å². The molecule has 2 rings (SSSR count). The molecule has 0 saturated carbocycles. The minimum absolute atomic E-state index is 0.522. The van der Waals surface area contributed by atoms with E-state index in [1.54, 1.807) is 6.07 Å². The average Bonchev–Trinajstić information content (AvgIpc) is 2.34. The van der Waals surface area contributed by atoms with E-state index in [9.17, 15) is 0 Å². The van der Waals surface area contributed by atoms with Crippen LogP contribution in [-0.4, -0.2) is 23.0 Å². The van der Waals surface area contributed by atoms with Crippen molar-refractivity contribution >= 4 is 23.2 Å². The van der Waals surface area contributed by atoms with Gasteiger partial charge in [-0.05, 0) is 37.4 Å². The van der Waals surface area contributed by atoms with Crippen LogP contribution in [0.1, 0.15) is 31.9 Å². The zero-order valence-corrected chi connectivity index (χ0v) is 11.6. The molecule has 0 bridgehead atoms. The van der Waals surface area contributed by atoms with E-state index in [1.165, 1.54) is 19.3 Å². The number of nitrogens with zero attached hydrogens (tertiary/aromatic N) is 2. The highest BCUT2D eigenvalue weighted by molar-refractivity contribution is 6.32. The van der Waals surface area contributed by atoms with E-state index in [0.29, 0.717) is 10.2 Å². The summed E-state index contributed by atoms with van der Waals surface area (Å²) in [5.41, 5.74) is 0.899. The zero-order valence-electron chi connectivity index (χ0n) is 10.1. The van der Waals surface area contributed by atoms with Gasteiger partial charge in [-0.25, -0.2) is 4.98 Å². The molecule has 2 nitrogen and oxygen atoms in total. The minimum atomic E-state index is 0.522. The lowest BCUT2D eigenvalue weighted by Crippen LogP contribution is -2.34. The summed E-state index contributed by atoms with van der Waals surface area (Å²) in [5, 5.41) is 1.24. The predicted molar refractivity (Wildman–Crippen MR) is 72.5 cm³/mol. The molecule has 1 fully saturated rings. The highest BCUT2D eigenvalue weighted by Crippen LogP contribution is 2.23. The molecular weight excluding hydrogens is 255 g/mol. The fourth-order valence-corrected chi connectivity index (χ4v) is 2.74. The Morgan fingerprint density at radius 1 is 1.41 bits per heavy atom. The molecule has 0 N–H and O–H groups in total. The summed E-state index contributed by atoms with van der Waals surface area (Å²) in [7, 11) is 0. The fourth-order valence-electron chi connectivity index (χ4n) is 2.41. The van der Waals surface area contributed by atoms with Crippen LogP contribution >= 0.6 is 23.2 Å². The fraction of sp³-hybridized carbons (Fsp3) is 0.615. The average molecular weight is 273 g/mol. The maximum absolute atomic E-state index is 6.14. The standard InChI is InChI=1S/C13H18Cl2N2/c1-2-10-4-3-7-17(8-10)9-12-11(14)5-6-13(15)16-12/h5-6,10H,2-4,7-9H2,1H3. The van der Waals surface area contributed by atoms with E-state index < -0.39 is 0 Å². The summed E-state index contributed by atoms with van der Waals surface area (Å²) >= 11 is 12.0.